The topological polar surface area (TPSA) is 84.6 Å². The van der Waals surface area contributed by atoms with Crippen LogP contribution in [-0.2, 0) is 9.53 Å². The third-order valence-electron chi connectivity index (χ3n) is 1.56. The highest BCUT2D eigenvalue weighted by Gasteiger charge is 2.09. The zero-order valence-corrected chi connectivity index (χ0v) is 7.95. The standard InChI is InChI=1S/C8H18N2O3/c1-2-10-4-6-13-5-3-7(9)8(11)12/h7,10H,2-6,9H2,1H3,(H,11,12)/t7-/m0/s1. The predicted octanol–water partition coefficient (Wildman–Crippen LogP) is -0.585. The molecule has 0 spiro atoms. The van der Waals surface area contributed by atoms with Gasteiger partial charge in [0.1, 0.15) is 6.04 Å². The van der Waals surface area contributed by atoms with Gasteiger partial charge >= 0.3 is 5.97 Å². The second-order valence-electron chi connectivity index (χ2n) is 2.70. The SMILES string of the molecule is CCNCCOCC[C@H](N)C(=O)O. The normalized spacial score (nSPS) is 12.8. The molecule has 0 aliphatic heterocycles. The lowest BCUT2D eigenvalue weighted by molar-refractivity contribution is -0.139. The van der Waals surface area contributed by atoms with E-state index in [2.05, 4.69) is 5.32 Å². The summed E-state index contributed by atoms with van der Waals surface area (Å²) in [5.74, 6) is -0.977. The average Bonchev–Trinajstić information content (AvgIpc) is 2.10. The smallest absolute Gasteiger partial charge is 0.320 e. The predicted molar refractivity (Wildman–Crippen MR) is 49.6 cm³/mol. The Hall–Kier alpha value is -0.650. The van der Waals surface area contributed by atoms with Gasteiger partial charge in [-0.05, 0) is 13.0 Å². The molecule has 0 fully saturated rings. The maximum absolute atomic E-state index is 10.3. The molecule has 0 saturated carbocycles. The minimum Gasteiger partial charge on any atom is -0.480 e. The molecule has 5 heteroatoms. The van der Waals surface area contributed by atoms with Crippen molar-refractivity contribution >= 4 is 5.97 Å². The Morgan fingerprint density at radius 1 is 1.62 bits per heavy atom. The van der Waals surface area contributed by atoms with Gasteiger partial charge < -0.3 is 20.9 Å². The van der Waals surface area contributed by atoms with Crippen LogP contribution in [0.3, 0.4) is 0 Å². The van der Waals surface area contributed by atoms with Crippen LogP contribution in [-0.4, -0.2) is 43.4 Å². The number of carboxylic acid groups (broad SMARTS) is 1. The van der Waals surface area contributed by atoms with Crippen molar-refractivity contribution in [1.82, 2.24) is 5.32 Å². The lowest BCUT2D eigenvalue weighted by Gasteiger charge is -2.07. The molecule has 0 aliphatic rings. The number of ether oxygens (including phenoxy) is 1. The van der Waals surface area contributed by atoms with Crippen LogP contribution in [0.2, 0.25) is 0 Å². The molecule has 0 aromatic heterocycles. The molecule has 5 nitrogen and oxygen atoms in total. The molecule has 0 radical (unpaired) electrons. The summed E-state index contributed by atoms with van der Waals surface area (Å²) in [6, 6.07) is -0.806. The molecular formula is C8H18N2O3. The lowest BCUT2D eigenvalue weighted by atomic mass is 10.2. The number of nitrogens with one attached hydrogen (secondary N) is 1. The molecule has 78 valence electrons. The van der Waals surface area contributed by atoms with Crippen molar-refractivity contribution in [2.45, 2.75) is 19.4 Å². The van der Waals surface area contributed by atoms with Crippen LogP contribution in [0.15, 0.2) is 0 Å². The number of hydrogen-bond acceptors (Lipinski definition) is 4. The van der Waals surface area contributed by atoms with E-state index >= 15 is 0 Å². The highest BCUT2D eigenvalue weighted by Crippen LogP contribution is 1.88. The summed E-state index contributed by atoms with van der Waals surface area (Å²) >= 11 is 0. The van der Waals surface area contributed by atoms with Crippen LogP contribution in [0.4, 0.5) is 0 Å². The van der Waals surface area contributed by atoms with Gasteiger partial charge in [0.2, 0.25) is 0 Å². The highest BCUT2D eigenvalue weighted by atomic mass is 16.5. The first-order valence-electron chi connectivity index (χ1n) is 4.45. The average molecular weight is 190 g/mol. The van der Waals surface area contributed by atoms with Gasteiger partial charge in [0.25, 0.3) is 0 Å². The molecule has 0 aromatic rings. The summed E-state index contributed by atoms with van der Waals surface area (Å²) in [5.41, 5.74) is 5.26. The molecule has 0 amide bonds. The van der Waals surface area contributed by atoms with Crippen molar-refractivity contribution in [2.75, 3.05) is 26.3 Å². The Balaban J connectivity index is 3.11. The first kappa shape index (κ1) is 12.3. The van der Waals surface area contributed by atoms with Gasteiger partial charge in [-0.1, -0.05) is 6.92 Å². The Morgan fingerprint density at radius 2 is 2.31 bits per heavy atom. The number of likely N-dealkylation sites (N-methyl/N-ethyl adjacent to an activating group) is 1. The fourth-order valence-electron chi connectivity index (χ4n) is 0.757. The van der Waals surface area contributed by atoms with Crippen molar-refractivity contribution in [3.8, 4) is 0 Å². The molecular weight excluding hydrogens is 172 g/mol. The zero-order chi connectivity index (χ0) is 10.1. The minimum absolute atomic E-state index is 0.363. The summed E-state index contributed by atoms with van der Waals surface area (Å²) < 4.78 is 5.15. The first-order chi connectivity index (χ1) is 6.18. The van der Waals surface area contributed by atoms with E-state index in [-0.39, 0.29) is 0 Å². The second kappa shape index (κ2) is 7.97. The van der Waals surface area contributed by atoms with Gasteiger partial charge in [-0.3, -0.25) is 4.79 Å². The Labute approximate surface area is 78.3 Å². The van der Waals surface area contributed by atoms with Crippen LogP contribution < -0.4 is 11.1 Å². The summed E-state index contributed by atoms with van der Waals surface area (Å²) in [4.78, 5) is 10.3. The maximum atomic E-state index is 10.3. The van der Waals surface area contributed by atoms with Gasteiger partial charge in [0.05, 0.1) is 6.61 Å². The van der Waals surface area contributed by atoms with E-state index in [1.54, 1.807) is 0 Å². The third kappa shape index (κ3) is 7.70. The third-order valence-corrected chi connectivity index (χ3v) is 1.56. The van der Waals surface area contributed by atoms with E-state index in [0.717, 1.165) is 13.1 Å². The van der Waals surface area contributed by atoms with E-state index in [1.807, 2.05) is 6.92 Å². The number of hydrogen-bond donors (Lipinski definition) is 3. The summed E-state index contributed by atoms with van der Waals surface area (Å²) in [6.07, 6.45) is 0.363. The number of aliphatic carboxylic acids is 1. The molecule has 13 heavy (non-hydrogen) atoms. The maximum Gasteiger partial charge on any atom is 0.320 e. The lowest BCUT2D eigenvalue weighted by Crippen LogP contribution is -2.31. The minimum atomic E-state index is -0.977. The van der Waals surface area contributed by atoms with Crippen LogP contribution in [0.5, 0.6) is 0 Å². The fourth-order valence-corrected chi connectivity index (χ4v) is 0.757. The summed E-state index contributed by atoms with van der Waals surface area (Å²) in [6.45, 7) is 4.72. The van der Waals surface area contributed by atoms with Crippen LogP contribution in [0.1, 0.15) is 13.3 Å². The molecule has 0 aromatic carbocycles. The largest absolute Gasteiger partial charge is 0.480 e. The van der Waals surface area contributed by atoms with E-state index in [9.17, 15) is 4.79 Å². The van der Waals surface area contributed by atoms with Gasteiger partial charge in [-0.2, -0.15) is 0 Å². The number of rotatable bonds is 8. The van der Waals surface area contributed by atoms with E-state index in [0.29, 0.717) is 19.6 Å². The zero-order valence-electron chi connectivity index (χ0n) is 7.95. The number of carboxylic acids is 1. The van der Waals surface area contributed by atoms with Crippen molar-refractivity contribution in [3.63, 3.8) is 0 Å². The van der Waals surface area contributed by atoms with Gasteiger partial charge in [0.15, 0.2) is 0 Å². The molecule has 0 rings (SSSR count). The van der Waals surface area contributed by atoms with Crippen LogP contribution in [0, 0.1) is 0 Å². The van der Waals surface area contributed by atoms with Crippen molar-refractivity contribution in [1.29, 1.82) is 0 Å². The molecule has 0 saturated heterocycles. The second-order valence-corrected chi connectivity index (χ2v) is 2.70. The molecule has 0 aliphatic carbocycles. The molecule has 4 N–H and O–H groups in total. The Morgan fingerprint density at radius 3 is 2.85 bits per heavy atom. The summed E-state index contributed by atoms with van der Waals surface area (Å²) in [7, 11) is 0. The Bertz CT molecular complexity index is 141. The number of carbonyl (C=O) groups is 1. The number of nitrogens with two attached hydrogens (primary N) is 1. The molecule has 1 atom stereocenters. The quantitative estimate of drug-likeness (QED) is 0.446. The highest BCUT2D eigenvalue weighted by molar-refractivity contribution is 5.72. The van der Waals surface area contributed by atoms with E-state index in [1.165, 1.54) is 0 Å². The van der Waals surface area contributed by atoms with Crippen LogP contribution in [0.25, 0.3) is 0 Å². The van der Waals surface area contributed by atoms with E-state index in [4.69, 9.17) is 15.6 Å². The van der Waals surface area contributed by atoms with Crippen molar-refractivity contribution < 1.29 is 14.6 Å². The Kier molecular flexibility index (Phi) is 7.57. The van der Waals surface area contributed by atoms with Crippen molar-refractivity contribution in [2.24, 2.45) is 5.73 Å². The summed E-state index contributed by atoms with van der Waals surface area (Å²) in [5, 5.41) is 11.5. The van der Waals surface area contributed by atoms with Gasteiger partial charge in [-0.25, -0.2) is 0 Å². The molecule has 0 heterocycles. The molecule has 0 bridgehead atoms. The fraction of sp³-hybridized carbons (Fsp3) is 0.875. The van der Waals surface area contributed by atoms with Crippen molar-refractivity contribution in [3.05, 3.63) is 0 Å². The van der Waals surface area contributed by atoms with Gasteiger partial charge in [-0.15, -0.1) is 0 Å². The first-order valence-corrected chi connectivity index (χ1v) is 4.45. The monoisotopic (exact) mass is 190 g/mol. The molecule has 0 unspecified atom stereocenters. The van der Waals surface area contributed by atoms with E-state index < -0.39 is 12.0 Å². The van der Waals surface area contributed by atoms with Crippen LogP contribution >= 0.6 is 0 Å². The van der Waals surface area contributed by atoms with Gasteiger partial charge in [0, 0.05) is 13.2 Å².